The number of amidine groups is 1. The van der Waals surface area contributed by atoms with Gasteiger partial charge in [0.1, 0.15) is 30.5 Å². The number of nitrogens with one attached hydrogen (secondary N) is 1. The molecule has 4 heterocycles. The maximum absolute atomic E-state index is 11.6. The fourth-order valence-electron chi connectivity index (χ4n) is 4.21. The fourth-order valence-corrected chi connectivity index (χ4v) is 5.53. The van der Waals surface area contributed by atoms with E-state index >= 15 is 0 Å². The standard InChI is InChI=1S/C22H20N6O2S/c1-13-20(27-8-7-15(12-23)11-18(27)24-13)19-14(2)31-22(25-19)28(9-10-28)17-5-3-16(4-6-17)21(29)26-30/h3-8,11,14,19H,9-10H2,1-2H3,(H-,26,29,30)/p+1. The highest BCUT2D eigenvalue weighted by Crippen LogP contribution is 2.46. The van der Waals surface area contributed by atoms with Crippen LogP contribution in [0.1, 0.15) is 40.3 Å². The molecule has 5 rings (SSSR count). The second-order valence-corrected chi connectivity index (χ2v) is 9.26. The van der Waals surface area contributed by atoms with Crippen molar-refractivity contribution in [1.29, 1.82) is 5.26 Å². The summed E-state index contributed by atoms with van der Waals surface area (Å²) in [7, 11) is 0. The zero-order valence-electron chi connectivity index (χ0n) is 17.1. The molecule has 1 aromatic carbocycles. The van der Waals surface area contributed by atoms with Gasteiger partial charge in [-0.15, -0.1) is 0 Å². The second kappa shape index (κ2) is 7.20. The smallest absolute Gasteiger partial charge is 0.274 e. The number of hydrogen-bond acceptors (Lipinski definition) is 6. The SMILES string of the molecule is Cc1nc2cc(C#N)ccn2c1C1N=C([N+]2(c3ccc(C(=O)NO)cc3)CC2)SC1C. The minimum atomic E-state index is -0.521. The predicted molar refractivity (Wildman–Crippen MR) is 119 cm³/mol. The van der Waals surface area contributed by atoms with Crippen LogP contribution in [-0.2, 0) is 0 Å². The minimum absolute atomic E-state index is 0.0297. The van der Waals surface area contributed by atoms with Crippen molar-refractivity contribution in [2.24, 2.45) is 4.99 Å². The molecule has 0 spiro atoms. The van der Waals surface area contributed by atoms with E-state index in [-0.39, 0.29) is 11.3 Å². The molecule has 2 unspecified atom stereocenters. The lowest BCUT2D eigenvalue weighted by atomic mass is 10.1. The highest BCUT2D eigenvalue weighted by molar-refractivity contribution is 8.14. The molecule has 3 aromatic rings. The number of imidazole rings is 1. The summed E-state index contributed by atoms with van der Waals surface area (Å²) >= 11 is 1.79. The molecular weight excluding hydrogens is 412 g/mol. The zero-order valence-corrected chi connectivity index (χ0v) is 17.9. The number of rotatable bonds is 3. The topological polar surface area (TPSA) is 103 Å². The van der Waals surface area contributed by atoms with Crippen LogP contribution in [-0.4, -0.2) is 44.0 Å². The van der Waals surface area contributed by atoms with Crippen molar-refractivity contribution in [3.63, 3.8) is 0 Å². The summed E-state index contributed by atoms with van der Waals surface area (Å²) < 4.78 is 2.72. The number of nitriles is 1. The van der Waals surface area contributed by atoms with Gasteiger partial charge in [-0.1, -0.05) is 6.92 Å². The summed E-state index contributed by atoms with van der Waals surface area (Å²) in [5, 5.41) is 19.3. The summed E-state index contributed by atoms with van der Waals surface area (Å²) in [5.41, 5.74) is 6.51. The molecule has 0 bridgehead atoms. The summed E-state index contributed by atoms with van der Waals surface area (Å²) in [5.74, 6) is -0.521. The van der Waals surface area contributed by atoms with Crippen LogP contribution in [0, 0.1) is 18.3 Å². The molecule has 1 fully saturated rings. The van der Waals surface area contributed by atoms with Crippen LogP contribution in [0.25, 0.3) is 5.65 Å². The van der Waals surface area contributed by atoms with E-state index in [4.69, 9.17) is 10.2 Å². The predicted octanol–water partition coefficient (Wildman–Crippen LogP) is 3.19. The third kappa shape index (κ3) is 3.11. The Labute approximate surface area is 183 Å². The van der Waals surface area contributed by atoms with Gasteiger partial charge in [0, 0.05) is 29.1 Å². The summed E-state index contributed by atoms with van der Waals surface area (Å²) in [6, 6.07) is 13.1. The summed E-state index contributed by atoms with van der Waals surface area (Å²) in [6.45, 7) is 6.11. The van der Waals surface area contributed by atoms with Crippen LogP contribution in [0.3, 0.4) is 0 Å². The number of aromatic nitrogens is 2. The van der Waals surface area contributed by atoms with Crippen molar-refractivity contribution < 1.29 is 10.0 Å². The number of quaternary nitrogens is 1. The number of nitrogens with zero attached hydrogens (tertiary/aromatic N) is 5. The molecule has 31 heavy (non-hydrogen) atoms. The zero-order chi connectivity index (χ0) is 21.8. The van der Waals surface area contributed by atoms with Crippen molar-refractivity contribution in [2.45, 2.75) is 25.1 Å². The monoisotopic (exact) mass is 433 g/mol. The number of carbonyl (C=O) groups excluding carboxylic acids is 1. The number of hydroxylamine groups is 1. The number of pyridine rings is 1. The van der Waals surface area contributed by atoms with Crippen molar-refractivity contribution in [3.05, 3.63) is 65.1 Å². The van der Waals surface area contributed by atoms with Crippen LogP contribution in [0.15, 0.2) is 47.6 Å². The third-order valence-electron chi connectivity index (χ3n) is 6.00. The summed E-state index contributed by atoms with van der Waals surface area (Å²) in [6.07, 6.45) is 1.90. The lowest BCUT2D eigenvalue weighted by Crippen LogP contribution is -2.31. The summed E-state index contributed by atoms with van der Waals surface area (Å²) in [4.78, 5) is 21.4. The first kappa shape index (κ1) is 19.8. The van der Waals surface area contributed by atoms with Gasteiger partial charge in [-0.2, -0.15) is 5.26 Å². The number of thioether (sulfide) groups is 1. The van der Waals surface area contributed by atoms with E-state index in [0.29, 0.717) is 15.6 Å². The van der Waals surface area contributed by atoms with Crippen LogP contribution >= 0.6 is 11.8 Å². The Morgan fingerprint density at radius 3 is 2.71 bits per heavy atom. The van der Waals surface area contributed by atoms with Crippen LogP contribution < -0.4 is 9.96 Å². The lowest BCUT2D eigenvalue weighted by molar-refractivity contribution is 0.0706. The lowest BCUT2D eigenvalue weighted by Gasteiger charge is -2.16. The Kier molecular flexibility index (Phi) is 4.59. The van der Waals surface area contributed by atoms with E-state index in [1.165, 1.54) is 0 Å². The molecule has 0 saturated carbocycles. The van der Waals surface area contributed by atoms with Gasteiger partial charge in [-0.25, -0.2) is 19.9 Å². The van der Waals surface area contributed by atoms with E-state index in [9.17, 15) is 10.1 Å². The van der Waals surface area contributed by atoms with E-state index in [2.05, 4.69) is 18.0 Å². The number of carbonyl (C=O) groups is 1. The van der Waals surface area contributed by atoms with E-state index in [1.54, 1.807) is 41.5 Å². The molecule has 2 aromatic heterocycles. The highest BCUT2D eigenvalue weighted by atomic mass is 32.2. The minimum Gasteiger partial charge on any atom is -0.301 e. The van der Waals surface area contributed by atoms with Gasteiger partial charge < -0.3 is 4.40 Å². The maximum atomic E-state index is 11.6. The van der Waals surface area contributed by atoms with Crippen molar-refractivity contribution in [2.75, 3.05) is 13.1 Å². The first-order valence-corrected chi connectivity index (χ1v) is 10.9. The van der Waals surface area contributed by atoms with Crippen molar-refractivity contribution in [3.8, 4) is 6.07 Å². The van der Waals surface area contributed by atoms with E-state index in [0.717, 1.165) is 41.0 Å². The Morgan fingerprint density at radius 2 is 2.06 bits per heavy atom. The Balaban J connectivity index is 1.51. The number of hydrogen-bond donors (Lipinski definition) is 2. The molecule has 2 aliphatic heterocycles. The molecular formula is C22H21N6O2S+. The average Bonchev–Trinajstić information content (AvgIpc) is 3.42. The molecule has 2 N–H and O–H groups in total. The number of aliphatic imine (C=N–C) groups is 1. The molecule has 2 aliphatic rings. The average molecular weight is 434 g/mol. The van der Waals surface area contributed by atoms with Crippen molar-refractivity contribution >= 4 is 34.2 Å². The third-order valence-corrected chi connectivity index (χ3v) is 7.30. The van der Waals surface area contributed by atoms with Gasteiger partial charge in [-0.3, -0.25) is 10.0 Å². The Bertz CT molecular complexity index is 1270. The van der Waals surface area contributed by atoms with Gasteiger partial charge in [0.05, 0.1) is 23.0 Å². The Hall–Kier alpha value is -3.19. The molecule has 0 aliphatic carbocycles. The highest BCUT2D eigenvalue weighted by Gasteiger charge is 2.54. The molecule has 0 radical (unpaired) electrons. The molecule has 1 saturated heterocycles. The number of amides is 1. The molecule has 2 atom stereocenters. The normalized spacial score (nSPS) is 21.5. The van der Waals surface area contributed by atoms with Gasteiger partial charge in [0.25, 0.3) is 11.1 Å². The number of fused-ring (bicyclic) bond motifs is 1. The molecule has 9 heteroatoms. The second-order valence-electron chi connectivity index (χ2n) is 7.92. The van der Waals surface area contributed by atoms with Crippen molar-refractivity contribution in [1.82, 2.24) is 19.3 Å². The molecule has 156 valence electrons. The van der Waals surface area contributed by atoms with Gasteiger partial charge in [0.15, 0.2) is 0 Å². The Morgan fingerprint density at radius 1 is 1.32 bits per heavy atom. The quantitative estimate of drug-likeness (QED) is 0.286. The first-order valence-electron chi connectivity index (χ1n) is 10.0. The van der Waals surface area contributed by atoms with E-state index < -0.39 is 5.91 Å². The van der Waals surface area contributed by atoms with Crippen LogP contribution in [0.4, 0.5) is 5.69 Å². The number of benzene rings is 1. The van der Waals surface area contributed by atoms with Crippen LogP contribution in [0.2, 0.25) is 0 Å². The van der Waals surface area contributed by atoms with Gasteiger partial charge in [-0.05, 0) is 43.0 Å². The largest absolute Gasteiger partial charge is 0.301 e. The maximum Gasteiger partial charge on any atom is 0.274 e. The van der Waals surface area contributed by atoms with Gasteiger partial charge in [0.2, 0.25) is 0 Å². The fraction of sp³-hybridized carbons (Fsp3) is 0.273. The number of aryl methyl sites for hydroxylation is 1. The first-order chi connectivity index (χ1) is 15.0. The van der Waals surface area contributed by atoms with E-state index in [1.807, 2.05) is 29.7 Å². The molecule has 8 nitrogen and oxygen atoms in total. The van der Waals surface area contributed by atoms with Crippen LogP contribution in [0.5, 0.6) is 0 Å². The molecule has 1 amide bonds. The van der Waals surface area contributed by atoms with Gasteiger partial charge >= 0.3 is 0 Å².